The molecule has 0 radical (unpaired) electrons. The van der Waals surface area contributed by atoms with Gasteiger partial charge in [-0.3, -0.25) is 4.79 Å². The first kappa shape index (κ1) is 10.9. The van der Waals surface area contributed by atoms with Gasteiger partial charge >= 0.3 is 5.97 Å². The number of benzene rings is 1. The fourth-order valence-electron chi connectivity index (χ4n) is 2.10. The van der Waals surface area contributed by atoms with E-state index in [9.17, 15) is 4.79 Å². The molecule has 1 aromatic rings. The van der Waals surface area contributed by atoms with Crippen LogP contribution in [0.2, 0.25) is 0 Å². The van der Waals surface area contributed by atoms with Crippen LogP contribution < -0.4 is 0 Å². The molecule has 84 valence electrons. The smallest absolute Gasteiger partial charge is 0.304 e. The van der Waals surface area contributed by atoms with Gasteiger partial charge in [-0.2, -0.15) is 0 Å². The van der Waals surface area contributed by atoms with Crippen LogP contribution in [0.4, 0.5) is 0 Å². The van der Waals surface area contributed by atoms with Crippen molar-refractivity contribution < 1.29 is 9.90 Å². The van der Waals surface area contributed by atoms with Gasteiger partial charge < -0.3 is 5.11 Å². The third kappa shape index (κ3) is 2.32. The van der Waals surface area contributed by atoms with Gasteiger partial charge in [-0.15, -0.1) is 0 Å². The van der Waals surface area contributed by atoms with Crippen LogP contribution in [0.15, 0.2) is 35.9 Å². The molecule has 0 bridgehead atoms. The van der Waals surface area contributed by atoms with Crippen molar-refractivity contribution in [2.45, 2.75) is 26.2 Å². The van der Waals surface area contributed by atoms with E-state index in [-0.39, 0.29) is 11.8 Å². The highest BCUT2D eigenvalue weighted by atomic mass is 16.4. The third-order valence-corrected chi connectivity index (χ3v) is 3.36. The molecule has 1 aromatic carbocycles. The molecule has 0 heterocycles. The molecule has 0 unspecified atom stereocenters. The van der Waals surface area contributed by atoms with Crippen molar-refractivity contribution in [3.8, 4) is 0 Å². The average Bonchev–Trinajstić information content (AvgIpc) is 2.99. The van der Waals surface area contributed by atoms with Crippen molar-refractivity contribution in [1.29, 1.82) is 0 Å². The molecule has 2 nitrogen and oxygen atoms in total. The summed E-state index contributed by atoms with van der Waals surface area (Å²) in [5.41, 5.74) is 2.29. The van der Waals surface area contributed by atoms with Crippen molar-refractivity contribution in [3.63, 3.8) is 0 Å². The number of hydrogen-bond donors (Lipinski definition) is 1. The maximum Gasteiger partial charge on any atom is 0.304 e. The lowest BCUT2D eigenvalue weighted by Crippen LogP contribution is -2.09. The number of carbonyl (C=O) groups is 1. The first-order chi connectivity index (χ1) is 7.62. The number of allylic oxidation sites excluding steroid dienone is 1. The summed E-state index contributed by atoms with van der Waals surface area (Å²) in [5.74, 6) is -0.696. The molecule has 1 saturated carbocycles. The number of aliphatic carboxylic acids is 1. The first-order valence-electron chi connectivity index (χ1n) is 5.58. The lowest BCUT2D eigenvalue weighted by atomic mass is 9.92. The Morgan fingerprint density at radius 1 is 1.38 bits per heavy atom. The van der Waals surface area contributed by atoms with Gasteiger partial charge in [0.2, 0.25) is 0 Å². The minimum Gasteiger partial charge on any atom is -0.481 e. The van der Waals surface area contributed by atoms with E-state index in [0.29, 0.717) is 0 Å². The summed E-state index contributed by atoms with van der Waals surface area (Å²) in [6.45, 7) is 2.04. The Labute approximate surface area is 95.6 Å². The largest absolute Gasteiger partial charge is 0.481 e. The topological polar surface area (TPSA) is 37.3 Å². The van der Waals surface area contributed by atoms with Crippen molar-refractivity contribution in [2.24, 2.45) is 5.41 Å². The van der Waals surface area contributed by atoms with Crippen LogP contribution in [0.1, 0.15) is 31.7 Å². The molecular weight excluding hydrogens is 200 g/mol. The Morgan fingerprint density at radius 2 is 2.00 bits per heavy atom. The summed E-state index contributed by atoms with van der Waals surface area (Å²) in [4.78, 5) is 10.8. The predicted molar refractivity (Wildman–Crippen MR) is 64.0 cm³/mol. The van der Waals surface area contributed by atoms with Gasteiger partial charge in [-0.25, -0.2) is 0 Å². The van der Waals surface area contributed by atoms with Gasteiger partial charge in [0.05, 0.1) is 6.42 Å². The summed E-state index contributed by atoms with van der Waals surface area (Å²) in [6, 6.07) is 10.1. The van der Waals surface area contributed by atoms with Crippen LogP contribution in [-0.2, 0) is 4.79 Å². The Morgan fingerprint density at radius 3 is 2.50 bits per heavy atom. The van der Waals surface area contributed by atoms with E-state index in [0.717, 1.165) is 18.4 Å². The average molecular weight is 216 g/mol. The van der Waals surface area contributed by atoms with Crippen LogP contribution in [0.3, 0.4) is 0 Å². The van der Waals surface area contributed by atoms with Gasteiger partial charge in [0.1, 0.15) is 0 Å². The highest BCUT2D eigenvalue weighted by Crippen LogP contribution is 2.54. The van der Waals surface area contributed by atoms with Crippen LogP contribution in [-0.4, -0.2) is 11.1 Å². The molecule has 0 amide bonds. The lowest BCUT2D eigenvalue weighted by Gasteiger charge is -2.13. The van der Waals surface area contributed by atoms with E-state index in [2.05, 4.69) is 6.08 Å². The molecule has 0 atom stereocenters. The highest BCUT2D eigenvalue weighted by molar-refractivity contribution is 5.70. The predicted octanol–water partition coefficient (Wildman–Crippen LogP) is 3.34. The summed E-state index contributed by atoms with van der Waals surface area (Å²) in [6.07, 6.45) is 4.39. The zero-order valence-corrected chi connectivity index (χ0v) is 9.44. The summed E-state index contributed by atoms with van der Waals surface area (Å²) in [7, 11) is 0. The van der Waals surface area contributed by atoms with Crippen molar-refractivity contribution in [2.75, 3.05) is 0 Å². The van der Waals surface area contributed by atoms with E-state index in [1.54, 1.807) is 0 Å². The number of carboxylic acids is 1. The Bertz CT molecular complexity index is 414. The van der Waals surface area contributed by atoms with Crippen molar-refractivity contribution >= 4 is 12.0 Å². The fourth-order valence-corrected chi connectivity index (χ4v) is 2.10. The molecule has 0 spiro atoms. The number of hydrogen-bond acceptors (Lipinski definition) is 1. The van der Waals surface area contributed by atoms with Crippen LogP contribution in [0, 0.1) is 5.41 Å². The first-order valence-corrected chi connectivity index (χ1v) is 5.58. The second-order valence-electron chi connectivity index (χ2n) is 4.59. The molecule has 0 saturated heterocycles. The van der Waals surface area contributed by atoms with Gasteiger partial charge in [0.25, 0.3) is 0 Å². The number of carboxylic acid groups (broad SMARTS) is 1. The normalized spacial score (nSPS) is 18.2. The lowest BCUT2D eigenvalue weighted by molar-refractivity contribution is -0.138. The van der Waals surface area contributed by atoms with Crippen LogP contribution in [0.5, 0.6) is 0 Å². The Balaban J connectivity index is 2.16. The number of rotatable bonds is 4. The molecule has 1 aliphatic rings. The van der Waals surface area contributed by atoms with E-state index >= 15 is 0 Å². The fraction of sp³-hybridized carbons (Fsp3) is 0.357. The van der Waals surface area contributed by atoms with E-state index in [4.69, 9.17) is 5.11 Å². The molecule has 2 heteroatoms. The minimum atomic E-state index is -0.696. The Hall–Kier alpha value is -1.57. The Kier molecular flexibility index (Phi) is 2.82. The van der Waals surface area contributed by atoms with Crippen molar-refractivity contribution in [1.82, 2.24) is 0 Å². The standard InChI is InChI=1S/C14H16O2/c1-11(9-12-5-3-2-4-6-12)14(7-8-14)10-13(15)16/h2-6,9H,7-8,10H2,1H3,(H,15,16)/b11-9+. The molecular formula is C14H16O2. The zero-order valence-electron chi connectivity index (χ0n) is 9.44. The van der Waals surface area contributed by atoms with E-state index in [1.807, 2.05) is 37.3 Å². The molecule has 0 aliphatic heterocycles. The molecule has 1 aliphatic carbocycles. The van der Waals surface area contributed by atoms with Crippen molar-refractivity contribution in [3.05, 3.63) is 41.5 Å². The van der Waals surface area contributed by atoms with E-state index < -0.39 is 5.97 Å². The second-order valence-corrected chi connectivity index (χ2v) is 4.59. The summed E-state index contributed by atoms with van der Waals surface area (Å²) in [5, 5.41) is 8.88. The molecule has 2 rings (SSSR count). The quantitative estimate of drug-likeness (QED) is 0.838. The maximum absolute atomic E-state index is 10.8. The monoisotopic (exact) mass is 216 g/mol. The third-order valence-electron chi connectivity index (χ3n) is 3.36. The van der Waals surface area contributed by atoms with Crippen LogP contribution in [0.25, 0.3) is 6.08 Å². The highest BCUT2D eigenvalue weighted by Gasteiger charge is 2.45. The summed E-state index contributed by atoms with van der Waals surface area (Å²) >= 11 is 0. The summed E-state index contributed by atoms with van der Waals surface area (Å²) < 4.78 is 0. The molecule has 1 N–H and O–H groups in total. The van der Waals surface area contributed by atoms with Gasteiger partial charge in [-0.05, 0) is 25.3 Å². The van der Waals surface area contributed by atoms with Gasteiger partial charge in [0.15, 0.2) is 0 Å². The molecule has 16 heavy (non-hydrogen) atoms. The maximum atomic E-state index is 10.8. The minimum absolute atomic E-state index is 0.0539. The SMILES string of the molecule is C/C(=C\c1ccccc1)C1(CC(=O)O)CC1. The van der Waals surface area contributed by atoms with Crippen LogP contribution >= 0.6 is 0 Å². The van der Waals surface area contributed by atoms with Gasteiger partial charge in [-0.1, -0.05) is 42.0 Å². The zero-order chi connectivity index (χ0) is 11.6. The molecule has 1 fully saturated rings. The van der Waals surface area contributed by atoms with E-state index in [1.165, 1.54) is 5.57 Å². The molecule has 0 aromatic heterocycles. The second kappa shape index (κ2) is 4.12. The van der Waals surface area contributed by atoms with Gasteiger partial charge in [0, 0.05) is 5.41 Å².